The molecule has 2 N–H and O–H groups in total. The van der Waals surface area contributed by atoms with Gasteiger partial charge in [0.15, 0.2) is 5.78 Å². The summed E-state index contributed by atoms with van der Waals surface area (Å²) in [6.45, 7) is 5.46. The molecule has 0 aromatic heterocycles. The van der Waals surface area contributed by atoms with Crippen molar-refractivity contribution in [1.82, 2.24) is 5.32 Å². The van der Waals surface area contributed by atoms with Crippen LogP contribution in [0.3, 0.4) is 0 Å². The van der Waals surface area contributed by atoms with E-state index in [-0.39, 0.29) is 18.6 Å². The number of rotatable bonds is 11. The summed E-state index contributed by atoms with van der Waals surface area (Å²) in [6, 6.07) is 14.0. The van der Waals surface area contributed by atoms with E-state index in [1.165, 1.54) is 24.3 Å². The van der Waals surface area contributed by atoms with E-state index in [0.717, 1.165) is 5.56 Å². The van der Waals surface area contributed by atoms with Crippen LogP contribution in [0.15, 0.2) is 54.6 Å². The van der Waals surface area contributed by atoms with Crippen LogP contribution in [0, 0.1) is 0 Å². The summed E-state index contributed by atoms with van der Waals surface area (Å²) in [5.74, 6) is -3.60. The average Bonchev–Trinajstić information content (AvgIpc) is 2.75. The molecule has 33 heavy (non-hydrogen) atoms. The molecular formula is C25H29NO7. The molecule has 0 saturated heterocycles. The Bertz CT molecular complexity index is 949. The fourth-order valence-electron chi connectivity index (χ4n) is 3.10. The maximum absolute atomic E-state index is 13.2. The standard InChI is InChI=1S/C25H29NO7/c1-25(2,3)33-24(31)26-20(13-14-32-16-18-7-5-4-6-8-18)22(28)21(23(29)30)19-11-9-17(15-27)10-12-19/h4-12,15,20-21H,13-14,16H2,1-3H3,(H,26,31)(H,29,30)/t20-,21?/m0/s1. The van der Waals surface area contributed by atoms with Crippen molar-refractivity contribution in [3.8, 4) is 0 Å². The highest BCUT2D eigenvalue weighted by atomic mass is 16.6. The van der Waals surface area contributed by atoms with Crippen molar-refractivity contribution in [3.05, 3.63) is 71.3 Å². The Labute approximate surface area is 192 Å². The summed E-state index contributed by atoms with van der Waals surface area (Å²) in [6.07, 6.45) is -0.149. The minimum atomic E-state index is -1.53. The van der Waals surface area contributed by atoms with E-state index in [2.05, 4.69) is 5.32 Å². The smallest absolute Gasteiger partial charge is 0.408 e. The highest BCUT2D eigenvalue weighted by Crippen LogP contribution is 2.21. The van der Waals surface area contributed by atoms with Crippen LogP contribution >= 0.6 is 0 Å². The van der Waals surface area contributed by atoms with Crippen molar-refractivity contribution in [2.45, 2.75) is 51.4 Å². The second-order valence-electron chi connectivity index (χ2n) is 8.48. The van der Waals surface area contributed by atoms with Crippen molar-refractivity contribution >= 4 is 24.1 Å². The molecule has 0 aliphatic heterocycles. The molecule has 176 valence electrons. The molecule has 0 bridgehead atoms. The summed E-state index contributed by atoms with van der Waals surface area (Å²) in [4.78, 5) is 48.4. The van der Waals surface area contributed by atoms with Crippen molar-refractivity contribution in [2.75, 3.05) is 6.61 Å². The van der Waals surface area contributed by atoms with Crippen LogP contribution in [0.1, 0.15) is 54.6 Å². The number of aldehydes is 1. The largest absolute Gasteiger partial charge is 0.480 e. The molecule has 0 aliphatic rings. The van der Waals surface area contributed by atoms with Gasteiger partial charge in [-0.1, -0.05) is 54.6 Å². The van der Waals surface area contributed by atoms with Crippen molar-refractivity contribution < 1.29 is 33.8 Å². The molecule has 0 fully saturated rings. The monoisotopic (exact) mass is 455 g/mol. The third kappa shape index (κ3) is 8.50. The first-order chi connectivity index (χ1) is 15.6. The predicted octanol–water partition coefficient (Wildman–Crippen LogP) is 3.74. The topological polar surface area (TPSA) is 119 Å². The van der Waals surface area contributed by atoms with E-state index in [4.69, 9.17) is 9.47 Å². The third-order valence-electron chi connectivity index (χ3n) is 4.63. The van der Waals surface area contributed by atoms with Gasteiger partial charge in [0.2, 0.25) is 0 Å². The first kappa shape index (κ1) is 25.7. The summed E-state index contributed by atoms with van der Waals surface area (Å²) in [5.41, 5.74) is 0.713. The summed E-state index contributed by atoms with van der Waals surface area (Å²) < 4.78 is 10.9. The van der Waals surface area contributed by atoms with Gasteiger partial charge >= 0.3 is 12.1 Å². The maximum Gasteiger partial charge on any atom is 0.408 e. The molecule has 0 heterocycles. The van der Waals surface area contributed by atoms with Crippen molar-refractivity contribution in [1.29, 1.82) is 0 Å². The Balaban J connectivity index is 2.16. The van der Waals surface area contributed by atoms with Gasteiger partial charge in [0, 0.05) is 12.2 Å². The predicted molar refractivity (Wildman–Crippen MR) is 121 cm³/mol. The van der Waals surface area contributed by atoms with E-state index >= 15 is 0 Å². The van der Waals surface area contributed by atoms with E-state index in [9.17, 15) is 24.3 Å². The molecular weight excluding hydrogens is 426 g/mol. The number of amides is 1. The lowest BCUT2D eigenvalue weighted by molar-refractivity contribution is -0.143. The Morgan fingerprint density at radius 3 is 2.21 bits per heavy atom. The van der Waals surface area contributed by atoms with Gasteiger partial charge in [0.05, 0.1) is 12.6 Å². The van der Waals surface area contributed by atoms with E-state index in [0.29, 0.717) is 18.5 Å². The molecule has 8 heteroatoms. The van der Waals surface area contributed by atoms with Crippen LogP contribution in [0.25, 0.3) is 0 Å². The molecule has 1 unspecified atom stereocenters. The number of aliphatic carboxylic acids is 1. The lowest BCUT2D eigenvalue weighted by atomic mass is 9.89. The second kappa shape index (κ2) is 11.9. The number of carboxylic acids is 1. The number of ketones is 1. The number of Topliss-reactive ketones (excluding diaryl/α,β-unsaturated/α-hetero) is 1. The molecule has 1 amide bonds. The fourth-order valence-corrected chi connectivity index (χ4v) is 3.10. The molecule has 0 saturated carbocycles. The molecule has 0 radical (unpaired) electrons. The molecule has 2 aromatic rings. The molecule has 2 atom stereocenters. The first-order valence-electron chi connectivity index (χ1n) is 10.5. The van der Waals surface area contributed by atoms with Crippen LogP contribution in [-0.2, 0) is 25.7 Å². The first-order valence-corrected chi connectivity index (χ1v) is 10.5. The van der Waals surface area contributed by atoms with Crippen molar-refractivity contribution in [3.63, 3.8) is 0 Å². The molecule has 2 aromatic carbocycles. The van der Waals surface area contributed by atoms with Gasteiger partial charge in [-0.2, -0.15) is 0 Å². The molecule has 2 rings (SSSR count). The number of nitrogens with one attached hydrogen (secondary N) is 1. The average molecular weight is 456 g/mol. The van der Waals surface area contributed by atoms with Gasteiger partial charge < -0.3 is 19.9 Å². The van der Waals surface area contributed by atoms with Gasteiger partial charge in [-0.15, -0.1) is 0 Å². The summed E-state index contributed by atoms with van der Waals surface area (Å²) in [5, 5.41) is 12.2. The zero-order chi connectivity index (χ0) is 24.4. The Hall–Kier alpha value is -3.52. The Morgan fingerprint density at radius 1 is 1.03 bits per heavy atom. The number of carboxylic acid groups (broad SMARTS) is 1. The minimum absolute atomic E-state index is 0.0567. The zero-order valence-electron chi connectivity index (χ0n) is 18.9. The lowest BCUT2D eigenvalue weighted by Crippen LogP contribution is -2.47. The minimum Gasteiger partial charge on any atom is -0.480 e. The van der Waals surface area contributed by atoms with Crippen molar-refractivity contribution in [2.24, 2.45) is 0 Å². The maximum atomic E-state index is 13.2. The summed E-state index contributed by atoms with van der Waals surface area (Å²) in [7, 11) is 0. The van der Waals surface area contributed by atoms with Gasteiger partial charge in [0.1, 0.15) is 17.8 Å². The van der Waals surface area contributed by atoms with Gasteiger partial charge in [0.25, 0.3) is 0 Å². The Kier molecular flexibility index (Phi) is 9.30. The van der Waals surface area contributed by atoms with Crippen LogP contribution in [0.5, 0.6) is 0 Å². The van der Waals surface area contributed by atoms with Gasteiger partial charge in [-0.05, 0) is 38.3 Å². The SMILES string of the molecule is CC(C)(C)OC(=O)N[C@@H](CCOCc1ccccc1)C(=O)C(C(=O)O)c1ccc(C=O)cc1. The van der Waals surface area contributed by atoms with Crippen LogP contribution in [0.2, 0.25) is 0 Å². The third-order valence-corrected chi connectivity index (χ3v) is 4.63. The van der Waals surface area contributed by atoms with Crippen LogP contribution in [-0.4, -0.2) is 47.5 Å². The van der Waals surface area contributed by atoms with Gasteiger partial charge in [-0.25, -0.2) is 4.79 Å². The van der Waals surface area contributed by atoms with Crippen LogP contribution in [0.4, 0.5) is 4.79 Å². The van der Waals surface area contributed by atoms with E-state index in [1.807, 2.05) is 30.3 Å². The van der Waals surface area contributed by atoms with E-state index < -0.39 is 35.4 Å². The normalized spacial score (nSPS) is 12.9. The number of carbonyl (C=O) groups is 4. The molecule has 8 nitrogen and oxygen atoms in total. The number of hydrogen-bond acceptors (Lipinski definition) is 6. The van der Waals surface area contributed by atoms with E-state index in [1.54, 1.807) is 20.8 Å². The number of ether oxygens (including phenoxy) is 2. The van der Waals surface area contributed by atoms with Gasteiger partial charge in [-0.3, -0.25) is 14.4 Å². The van der Waals surface area contributed by atoms with Crippen LogP contribution < -0.4 is 5.32 Å². The molecule has 0 spiro atoms. The number of alkyl carbamates (subject to hydrolysis) is 1. The fraction of sp³-hybridized carbons (Fsp3) is 0.360. The zero-order valence-corrected chi connectivity index (χ0v) is 18.9. The number of benzene rings is 2. The highest BCUT2D eigenvalue weighted by molar-refractivity contribution is 6.07. The highest BCUT2D eigenvalue weighted by Gasteiger charge is 2.35. The quantitative estimate of drug-likeness (QED) is 0.301. The number of hydrogen-bond donors (Lipinski definition) is 2. The summed E-state index contributed by atoms with van der Waals surface area (Å²) >= 11 is 0. The lowest BCUT2D eigenvalue weighted by Gasteiger charge is -2.25. The number of carbonyl (C=O) groups excluding carboxylic acids is 3. The Morgan fingerprint density at radius 2 is 1.67 bits per heavy atom. The molecule has 0 aliphatic carbocycles. The second-order valence-corrected chi connectivity index (χ2v) is 8.48.